The van der Waals surface area contributed by atoms with Gasteiger partial charge in [0.05, 0.1) is 19.1 Å². The molecule has 2 amide bonds. The number of rotatable bonds is 5. The van der Waals surface area contributed by atoms with Gasteiger partial charge in [-0.05, 0) is 50.1 Å². The van der Waals surface area contributed by atoms with Gasteiger partial charge in [-0.2, -0.15) is 0 Å². The summed E-state index contributed by atoms with van der Waals surface area (Å²) < 4.78 is 7.09. The summed E-state index contributed by atoms with van der Waals surface area (Å²) in [5, 5.41) is 2.94. The summed E-state index contributed by atoms with van der Waals surface area (Å²) >= 11 is 0. The average Bonchev–Trinajstić information content (AvgIpc) is 3.33. The fraction of sp³-hybridized carbons (Fsp3) is 0.364. The number of imidazole rings is 1. The fourth-order valence-corrected chi connectivity index (χ4v) is 3.90. The predicted molar refractivity (Wildman–Crippen MR) is 113 cm³/mol. The maximum atomic E-state index is 12.7. The molecule has 1 aromatic carbocycles. The van der Waals surface area contributed by atoms with Crippen LogP contribution in [0, 0.1) is 6.92 Å². The number of hydrogen-bond donors (Lipinski definition) is 1. The first-order valence-corrected chi connectivity index (χ1v) is 10.1. The van der Waals surface area contributed by atoms with E-state index in [1.54, 1.807) is 25.3 Å². The van der Waals surface area contributed by atoms with Gasteiger partial charge in [-0.3, -0.25) is 4.79 Å². The SMILES string of the molecule is CCOC(=O)Cc1ccc(NC(=O)N2CCC(n3c(C)nc4cccnc43)C2)cc1. The third-order valence-corrected chi connectivity index (χ3v) is 5.30. The number of anilines is 1. The minimum absolute atomic E-state index is 0.134. The van der Waals surface area contributed by atoms with E-state index in [2.05, 4.69) is 19.9 Å². The largest absolute Gasteiger partial charge is 0.466 e. The quantitative estimate of drug-likeness (QED) is 0.656. The highest BCUT2D eigenvalue weighted by molar-refractivity contribution is 5.89. The molecule has 2 aromatic heterocycles. The van der Waals surface area contributed by atoms with Crippen molar-refractivity contribution in [3.8, 4) is 0 Å². The molecule has 1 atom stereocenters. The Kier molecular flexibility index (Phi) is 5.65. The smallest absolute Gasteiger partial charge is 0.321 e. The number of hydrogen-bond acceptors (Lipinski definition) is 5. The number of nitrogens with zero attached hydrogens (tertiary/aromatic N) is 4. The molecular weight excluding hydrogens is 382 g/mol. The molecule has 1 aliphatic heterocycles. The number of aromatic nitrogens is 3. The number of carbonyl (C=O) groups excluding carboxylic acids is 2. The van der Waals surface area contributed by atoms with Gasteiger partial charge in [0.25, 0.3) is 0 Å². The third kappa shape index (κ3) is 4.12. The van der Waals surface area contributed by atoms with Crippen molar-refractivity contribution in [3.05, 3.63) is 54.0 Å². The normalized spacial score (nSPS) is 16.1. The summed E-state index contributed by atoms with van der Waals surface area (Å²) in [5.74, 6) is 0.655. The monoisotopic (exact) mass is 407 g/mol. The van der Waals surface area contributed by atoms with Crippen LogP contribution in [0.3, 0.4) is 0 Å². The number of urea groups is 1. The lowest BCUT2D eigenvalue weighted by Crippen LogP contribution is -2.33. The van der Waals surface area contributed by atoms with E-state index in [9.17, 15) is 9.59 Å². The molecule has 0 saturated carbocycles. The van der Waals surface area contributed by atoms with E-state index in [1.165, 1.54) is 0 Å². The molecule has 8 heteroatoms. The van der Waals surface area contributed by atoms with Crippen molar-refractivity contribution in [1.29, 1.82) is 0 Å². The van der Waals surface area contributed by atoms with E-state index in [-0.39, 0.29) is 24.5 Å². The minimum atomic E-state index is -0.255. The summed E-state index contributed by atoms with van der Waals surface area (Å²) in [7, 11) is 0. The van der Waals surface area contributed by atoms with E-state index in [4.69, 9.17) is 4.74 Å². The molecule has 8 nitrogen and oxygen atoms in total. The van der Waals surface area contributed by atoms with Gasteiger partial charge in [0.15, 0.2) is 5.65 Å². The van der Waals surface area contributed by atoms with Crippen LogP contribution in [-0.4, -0.2) is 51.1 Å². The zero-order chi connectivity index (χ0) is 21.1. The number of esters is 1. The zero-order valence-electron chi connectivity index (χ0n) is 17.2. The van der Waals surface area contributed by atoms with E-state index in [0.717, 1.165) is 29.0 Å². The van der Waals surface area contributed by atoms with Gasteiger partial charge in [-0.25, -0.2) is 14.8 Å². The molecule has 4 rings (SSSR count). The molecule has 1 fully saturated rings. The number of fused-ring (bicyclic) bond motifs is 1. The summed E-state index contributed by atoms with van der Waals surface area (Å²) in [6.45, 7) is 5.40. The van der Waals surface area contributed by atoms with Crippen molar-refractivity contribution >= 4 is 28.9 Å². The standard InChI is InChI=1S/C22H25N5O3/c1-3-30-20(28)13-16-6-8-17(9-7-16)25-22(29)26-12-10-18(14-26)27-15(2)24-19-5-4-11-23-21(19)27/h4-9,11,18H,3,10,12-14H2,1-2H3,(H,25,29). The second kappa shape index (κ2) is 8.52. The fourth-order valence-electron chi connectivity index (χ4n) is 3.90. The van der Waals surface area contributed by atoms with Crippen molar-refractivity contribution in [1.82, 2.24) is 19.4 Å². The molecule has 1 unspecified atom stereocenters. The molecule has 30 heavy (non-hydrogen) atoms. The first kappa shape index (κ1) is 19.9. The first-order chi connectivity index (χ1) is 14.5. The van der Waals surface area contributed by atoms with Crippen LogP contribution in [0.4, 0.5) is 10.5 Å². The zero-order valence-corrected chi connectivity index (χ0v) is 17.2. The molecule has 156 valence electrons. The molecule has 3 heterocycles. The van der Waals surface area contributed by atoms with Crippen LogP contribution in [0.15, 0.2) is 42.6 Å². The second-order valence-corrected chi connectivity index (χ2v) is 7.37. The van der Waals surface area contributed by atoms with Gasteiger partial charge < -0.3 is 19.5 Å². The summed E-state index contributed by atoms with van der Waals surface area (Å²) in [6.07, 6.45) is 2.85. The van der Waals surface area contributed by atoms with Crippen LogP contribution in [-0.2, 0) is 16.0 Å². The Morgan fingerprint density at radius 1 is 1.23 bits per heavy atom. The summed E-state index contributed by atoms with van der Waals surface area (Å²) in [4.78, 5) is 35.2. The van der Waals surface area contributed by atoms with Gasteiger partial charge in [-0.1, -0.05) is 12.1 Å². The van der Waals surface area contributed by atoms with Gasteiger partial charge in [0.2, 0.25) is 0 Å². The Morgan fingerprint density at radius 3 is 2.80 bits per heavy atom. The van der Waals surface area contributed by atoms with E-state index in [1.807, 2.05) is 36.1 Å². The Bertz CT molecular complexity index is 1060. The van der Waals surface area contributed by atoms with Crippen LogP contribution < -0.4 is 5.32 Å². The van der Waals surface area contributed by atoms with Crippen LogP contribution in [0.2, 0.25) is 0 Å². The summed E-state index contributed by atoms with van der Waals surface area (Å²) in [5.41, 5.74) is 3.28. The third-order valence-electron chi connectivity index (χ3n) is 5.30. The predicted octanol–water partition coefficient (Wildman–Crippen LogP) is 3.32. The van der Waals surface area contributed by atoms with Crippen molar-refractivity contribution in [2.75, 3.05) is 25.0 Å². The van der Waals surface area contributed by atoms with Gasteiger partial charge in [-0.15, -0.1) is 0 Å². The van der Waals surface area contributed by atoms with Crippen molar-refractivity contribution in [2.24, 2.45) is 0 Å². The lowest BCUT2D eigenvalue weighted by atomic mass is 10.1. The van der Waals surface area contributed by atoms with Crippen LogP contribution >= 0.6 is 0 Å². The number of ether oxygens (including phenoxy) is 1. The number of likely N-dealkylation sites (tertiary alicyclic amines) is 1. The Hall–Kier alpha value is -3.42. The molecule has 3 aromatic rings. The first-order valence-electron chi connectivity index (χ1n) is 10.1. The number of aryl methyl sites for hydroxylation is 1. The molecule has 0 bridgehead atoms. The van der Waals surface area contributed by atoms with E-state index < -0.39 is 0 Å². The van der Waals surface area contributed by atoms with E-state index in [0.29, 0.717) is 25.4 Å². The van der Waals surface area contributed by atoms with Crippen LogP contribution in [0.25, 0.3) is 11.2 Å². The molecule has 0 aliphatic carbocycles. The highest BCUT2D eigenvalue weighted by Crippen LogP contribution is 2.27. The second-order valence-electron chi connectivity index (χ2n) is 7.37. The van der Waals surface area contributed by atoms with E-state index >= 15 is 0 Å². The minimum Gasteiger partial charge on any atom is -0.466 e. The number of benzene rings is 1. The Morgan fingerprint density at radius 2 is 2.03 bits per heavy atom. The maximum absolute atomic E-state index is 12.7. The Labute approximate surface area is 174 Å². The lowest BCUT2D eigenvalue weighted by Gasteiger charge is -2.19. The molecule has 0 radical (unpaired) electrons. The van der Waals surface area contributed by atoms with Gasteiger partial charge in [0, 0.05) is 25.0 Å². The van der Waals surface area contributed by atoms with Crippen molar-refractivity contribution in [3.63, 3.8) is 0 Å². The average molecular weight is 407 g/mol. The van der Waals surface area contributed by atoms with Gasteiger partial charge in [0.1, 0.15) is 11.3 Å². The number of pyridine rings is 1. The van der Waals surface area contributed by atoms with Gasteiger partial charge >= 0.3 is 12.0 Å². The number of nitrogens with one attached hydrogen (secondary N) is 1. The van der Waals surface area contributed by atoms with Crippen molar-refractivity contribution < 1.29 is 14.3 Å². The maximum Gasteiger partial charge on any atom is 0.321 e. The molecule has 1 aliphatic rings. The highest BCUT2D eigenvalue weighted by atomic mass is 16.5. The number of carbonyl (C=O) groups is 2. The molecule has 1 N–H and O–H groups in total. The molecular formula is C22H25N5O3. The molecule has 0 spiro atoms. The molecule has 1 saturated heterocycles. The Balaban J connectivity index is 1.38. The van der Waals surface area contributed by atoms with Crippen molar-refractivity contribution in [2.45, 2.75) is 32.7 Å². The highest BCUT2D eigenvalue weighted by Gasteiger charge is 2.29. The van der Waals surface area contributed by atoms with Crippen LogP contribution in [0.1, 0.15) is 30.8 Å². The lowest BCUT2D eigenvalue weighted by molar-refractivity contribution is -0.142. The van der Waals surface area contributed by atoms with Crippen LogP contribution in [0.5, 0.6) is 0 Å². The summed E-state index contributed by atoms with van der Waals surface area (Å²) in [6, 6.07) is 11.1. The number of amides is 2. The topological polar surface area (TPSA) is 89.4 Å².